The smallest absolute Gasteiger partial charge is 0.323 e. The van der Waals surface area contributed by atoms with E-state index in [1.54, 1.807) is 0 Å². The fourth-order valence-corrected chi connectivity index (χ4v) is 2.03. The van der Waals surface area contributed by atoms with E-state index in [0.29, 0.717) is 12.4 Å². The van der Waals surface area contributed by atoms with Crippen LogP contribution >= 0.6 is 0 Å². The molecule has 0 radical (unpaired) electrons. The van der Waals surface area contributed by atoms with Gasteiger partial charge in [-0.05, 0) is 19.4 Å². The monoisotopic (exact) mass is 225 g/mol. The summed E-state index contributed by atoms with van der Waals surface area (Å²) >= 11 is 0. The fraction of sp³-hybridized carbons (Fsp3) is 0.700. The summed E-state index contributed by atoms with van der Waals surface area (Å²) in [5.41, 5.74) is 0. The summed E-state index contributed by atoms with van der Waals surface area (Å²) in [4.78, 5) is 17.6. The maximum Gasteiger partial charge on any atom is 0.323 e. The van der Waals surface area contributed by atoms with Gasteiger partial charge < -0.3 is 9.26 Å². The summed E-state index contributed by atoms with van der Waals surface area (Å²) < 4.78 is 9.47. The Morgan fingerprint density at radius 3 is 3.25 bits per heavy atom. The van der Waals surface area contributed by atoms with Crippen molar-refractivity contribution in [2.45, 2.75) is 31.8 Å². The van der Waals surface area contributed by atoms with Gasteiger partial charge in [0.15, 0.2) is 5.82 Å². The van der Waals surface area contributed by atoms with Crippen LogP contribution in [0, 0.1) is 0 Å². The second-order valence-electron chi connectivity index (χ2n) is 3.85. The Hall–Kier alpha value is -1.43. The predicted molar refractivity (Wildman–Crippen MR) is 54.4 cm³/mol. The fourth-order valence-electron chi connectivity index (χ4n) is 2.03. The Kier molecular flexibility index (Phi) is 3.51. The normalized spacial score (nSPS) is 21.9. The lowest BCUT2D eigenvalue weighted by Crippen LogP contribution is -2.44. The third-order valence-electron chi connectivity index (χ3n) is 2.84. The van der Waals surface area contributed by atoms with Crippen LogP contribution in [-0.2, 0) is 16.1 Å². The molecule has 0 bridgehead atoms. The number of aromatic nitrogens is 2. The van der Waals surface area contributed by atoms with E-state index < -0.39 is 0 Å². The van der Waals surface area contributed by atoms with Crippen LogP contribution in [0.25, 0.3) is 0 Å². The van der Waals surface area contributed by atoms with Crippen LogP contribution in [0.3, 0.4) is 0 Å². The zero-order valence-electron chi connectivity index (χ0n) is 9.26. The van der Waals surface area contributed by atoms with E-state index in [0.717, 1.165) is 25.8 Å². The molecule has 1 fully saturated rings. The first-order valence-corrected chi connectivity index (χ1v) is 5.38. The standard InChI is InChI=1S/C10H15N3O3/c1-15-10(14)8-4-2-3-5-13(8)6-9-11-7-16-12-9/h7-8H,2-6H2,1H3/t8-/m1/s1. The van der Waals surface area contributed by atoms with Gasteiger partial charge in [0.2, 0.25) is 6.39 Å². The number of esters is 1. The predicted octanol–water partition coefficient (Wildman–Crippen LogP) is 0.597. The van der Waals surface area contributed by atoms with E-state index in [1.165, 1.54) is 13.5 Å². The quantitative estimate of drug-likeness (QED) is 0.701. The third kappa shape index (κ3) is 2.38. The number of hydrogen-bond donors (Lipinski definition) is 0. The lowest BCUT2D eigenvalue weighted by molar-refractivity contribution is -0.148. The first-order chi connectivity index (χ1) is 7.81. The molecule has 1 aromatic heterocycles. The second kappa shape index (κ2) is 5.07. The summed E-state index contributed by atoms with van der Waals surface area (Å²) in [6.45, 7) is 1.41. The van der Waals surface area contributed by atoms with E-state index in [9.17, 15) is 4.79 Å². The van der Waals surface area contributed by atoms with Crippen molar-refractivity contribution in [3.63, 3.8) is 0 Å². The van der Waals surface area contributed by atoms with Gasteiger partial charge >= 0.3 is 5.97 Å². The molecule has 1 aliphatic heterocycles. The molecule has 1 aliphatic rings. The maximum absolute atomic E-state index is 11.6. The van der Waals surface area contributed by atoms with E-state index in [1.807, 2.05) is 4.90 Å². The maximum atomic E-state index is 11.6. The minimum atomic E-state index is -0.178. The van der Waals surface area contributed by atoms with Crippen LogP contribution in [-0.4, -0.2) is 40.7 Å². The summed E-state index contributed by atoms with van der Waals surface area (Å²) in [5, 5.41) is 3.75. The van der Waals surface area contributed by atoms with Gasteiger partial charge in [-0.1, -0.05) is 11.6 Å². The molecule has 1 saturated heterocycles. The molecule has 1 atom stereocenters. The Morgan fingerprint density at radius 1 is 1.69 bits per heavy atom. The summed E-state index contributed by atoms with van der Waals surface area (Å²) in [7, 11) is 1.42. The highest BCUT2D eigenvalue weighted by Crippen LogP contribution is 2.19. The number of hydrogen-bond acceptors (Lipinski definition) is 6. The first kappa shape index (κ1) is 11.1. The Bertz CT molecular complexity index is 339. The highest BCUT2D eigenvalue weighted by molar-refractivity contribution is 5.75. The summed E-state index contributed by atoms with van der Waals surface area (Å²) in [5.74, 6) is 0.430. The van der Waals surface area contributed by atoms with Crippen molar-refractivity contribution >= 4 is 5.97 Å². The molecule has 0 spiro atoms. The Labute approximate surface area is 93.6 Å². The minimum Gasteiger partial charge on any atom is -0.468 e. The van der Waals surface area contributed by atoms with Crippen molar-refractivity contribution in [1.82, 2.24) is 15.0 Å². The van der Waals surface area contributed by atoms with Crippen LogP contribution in [0.15, 0.2) is 10.9 Å². The van der Waals surface area contributed by atoms with Crippen LogP contribution in [0.4, 0.5) is 0 Å². The van der Waals surface area contributed by atoms with Gasteiger partial charge in [0.25, 0.3) is 0 Å². The Balaban J connectivity index is 2.02. The van der Waals surface area contributed by atoms with Crippen LogP contribution in [0.5, 0.6) is 0 Å². The van der Waals surface area contributed by atoms with Crippen LogP contribution in [0.2, 0.25) is 0 Å². The highest BCUT2D eigenvalue weighted by Gasteiger charge is 2.30. The first-order valence-electron chi connectivity index (χ1n) is 5.38. The average molecular weight is 225 g/mol. The SMILES string of the molecule is COC(=O)[C@H]1CCCCN1Cc1ncon1. The van der Waals surface area contributed by atoms with Gasteiger partial charge in [0.05, 0.1) is 13.7 Å². The average Bonchev–Trinajstić information content (AvgIpc) is 2.82. The molecule has 0 aromatic carbocycles. The molecule has 0 amide bonds. The van der Waals surface area contributed by atoms with Crippen molar-refractivity contribution in [1.29, 1.82) is 0 Å². The number of likely N-dealkylation sites (tertiary alicyclic amines) is 1. The van der Waals surface area contributed by atoms with E-state index in [2.05, 4.69) is 14.7 Å². The van der Waals surface area contributed by atoms with Gasteiger partial charge in [-0.15, -0.1) is 0 Å². The van der Waals surface area contributed by atoms with Gasteiger partial charge in [-0.25, -0.2) is 0 Å². The zero-order valence-corrected chi connectivity index (χ0v) is 9.26. The number of methoxy groups -OCH3 is 1. The molecule has 0 saturated carbocycles. The van der Waals surface area contributed by atoms with Gasteiger partial charge in [0, 0.05) is 0 Å². The van der Waals surface area contributed by atoms with E-state index >= 15 is 0 Å². The van der Waals surface area contributed by atoms with Crippen molar-refractivity contribution in [3.05, 3.63) is 12.2 Å². The number of nitrogens with zero attached hydrogens (tertiary/aromatic N) is 3. The number of carbonyl (C=O) groups is 1. The number of piperidine rings is 1. The molecule has 1 aromatic rings. The molecule has 16 heavy (non-hydrogen) atoms. The van der Waals surface area contributed by atoms with Gasteiger partial charge in [-0.2, -0.15) is 4.98 Å². The van der Waals surface area contributed by atoms with Crippen LogP contribution < -0.4 is 0 Å². The summed E-state index contributed by atoms with van der Waals surface area (Å²) in [6, 6.07) is -0.169. The zero-order chi connectivity index (χ0) is 11.4. The molecule has 2 rings (SSSR count). The topological polar surface area (TPSA) is 68.5 Å². The lowest BCUT2D eigenvalue weighted by atomic mass is 10.0. The molecule has 0 unspecified atom stereocenters. The number of rotatable bonds is 3. The summed E-state index contributed by atoms with van der Waals surface area (Å²) in [6.07, 6.45) is 4.28. The molecule has 2 heterocycles. The van der Waals surface area contributed by atoms with Crippen molar-refractivity contribution in [2.24, 2.45) is 0 Å². The Morgan fingerprint density at radius 2 is 2.56 bits per heavy atom. The lowest BCUT2D eigenvalue weighted by Gasteiger charge is -2.32. The van der Waals surface area contributed by atoms with Gasteiger partial charge in [-0.3, -0.25) is 9.69 Å². The number of ether oxygens (including phenoxy) is 1. The van der Waals surface area contributed by atoms with Crippen molar-refractivity contribution in [3.8, 4) is 0 Å². The second-order valence-corrected chi connectivity index (χ2v) is 3.85. The van der Waals surface area contributed by atoms with Crippen LogP contribution in [0.1, 0.15) is 25.1 Å². The van der Waals surface area contributed by atoms with Crippen molar-refractivity contribution in [2.75, 3.05) is 13.7 Å². The third-order valence-corrected chi connectivity index (χ3v) is 2.84. The molecular weight excluding hydrogens is 210 g/mol. The molecule has 0 aliphatic carbocycles. The molecule has 6 nitrogen and oxygen atoms in total. The molecule has 0 N–H and O–H groups in total. The number of carbonyl (C=O) groups excluding carboxylic acids is 1. The molecule has 88 valence electrons. The van der Waals surface area contributed by atoms with E-state index in [4.69, 9.17) is 4.74 Å². The van der Waals surface area contributed by atoms with Crippen molar-refractivity contribution < 1.29 is 14.1 Å². The van der Waals surface area contributed by atoms with Gasteiger partial charge in [0.1, 0.15) is 6.04 Å². The largest absolute Gasteiger partial charge is 0.468 e. The molecular formula is C10H15N3O3. The molecule has 6 heteroatoms. The minimum absolute atomic E-state index is 0.169. The highest BCUT2D eigenvalue weighted by atomic mass is 16.5. The van der Waals surface area contributed by atoms with E-state index in [-0.39, 0.29) is 12.0 Å².